The van der Waals surface area contributed by atoms with Gasteiger partial charge in [-0.05, 0) is 56.2 Å². The van der Waals surface area contributed by atoms with Crippen molar-refractivity contribution in [3.05, 3.63) is 67.6 Å². The highest BCUT2D eigenvalue weighted by atomic mass is 35.5. The number of phenolic OH excluding ortho intramolecular Hbond substituents is 1. The van der Waals surface area contributed by atoms with E-state index in [2.05, 4.69) is 10.6 Å². The summed E-state index contributed by atoms with van der Waals surface area (Å²) in [5, 5.41) is 18.9. The number of hydrogen-bond acceptors (Lipinski definition) is 7. The second-order valence-electron chi connectivity index (χ2n) is 11.4. The molecule has 1 aliphatic carbocycles. The van der Waals surface area contributed by atoms with Crippen LogP contribution < -0.4 is 20.8 Å². The highest BCUT2D eigenvalue weighted by molar-refractivity contribution is 6.39. The molecule has 0 aliphatic heterocycles. The quantitative estimate of drug-likeness (QED) is 0.115. The van der Waals surface area contributed by atoms with Gasteiger partial charge in [-0.1, -0.05) is 61.7 Å². The number of phenols is 1. The number of carbonyl (C=O) groups is 1. The molecule has 8 nitrogen and oxygen atoms in total. The summed E-state index contributed by atoms with van der Waals surface area (Å²) >= 11 is 12.9. The molecule has 0 saturated carbocycles. The van der Waals surface area contributed by atoms with Gasteiger partial charge in [0.25, 0.3) is 5.91 Å². The van der Waals surface area contributed by atoms with Crippen LogP contribution in [0.25, 0.3) is 21.9 Å². The van der Waals surface area contributed by atoms with Gasteiger partial charge in [0.1, 0.15) is 22.5 Å². The van der Waals surface area contributed by atoms with Crippen molar-refractivity contribution in [1.82, 2.24) is 10.3 Å². The highest BCUT2D eigenvalue weighted by Crippen LogP contribution is 2.38. The number of carbonyl (C=O) groups excluding carboxylic acids is 1. The number of pyridine rings is 1. The molecule has 1 amide bonds. The summed E-state index contributed by atoms with van der Waals surface area (Å²) in [7, 11) is 1.44. The predicted molar refractivity (Wildman–Crippen MR) is 184 cm³/mol. The molecule has 2 heterocycles. The standard InChI is InChI=1S/C34H39Cl2N3O5.ClH/c1-43-22-18-27(40)32-28(41)20-30(44-29(32)19-22)34(42)38-15-11-7-5-3-2-4-6-10-14-37-33-23-12-8-9-13-25(23)39-26-17-21(35)16-24(36)31(26)33;/h16-20,40H,2-15H2,1H3,(H,37,39)(H,38,42);1H. The summed E-state index contributed by atoms with van der Waals surface area (Å²) in [6.45, 7) is 1.40. The number of amides is 1. The first kappa shape index (κ1) is 34.7. The summed E-state index contributed by atoms with van der Waals surface area (Å²) in [5.41, 5.74) is 4.12. The number of hydrogen-bond donors (Lipinski definition) is 3. The van der Waals surface area contributed by atoms with Crippen LogP contribution in [0.2, 0.25) is 10.0 Å². The van der Waals surface area contributed by atoms with Gasteiger partial charge in [0.2, 0.25) is 0 Å². The van der Waals surface area contributed by atoms with E-state index in [1.54, 1.807) is 6.07 Å². The summed E-state index contributed by atoms with van der Waals surface area (Å²) in [5.74, 6) is -0.453. The summed E-state index contributed by atoms with van der Waals surface area (Å²) in [6.07, 6.45) is 13.1. The maximum absolute atomic E-state index is 12.5. The largest absolute Gasteiger partial charge is 0.507 e. The Labute approximate surface area is 279 Å². The monoisotopic (exact) mass is 675 g/mol. The molecule has 4 aromatic rings. The van der Waals surface area contributed by atoms with Gasteiger partial charge in [0.05, 0.1) is 23.3 Å². The van der Waals surface area contributed by atoms with Crippen LogP contribution in [0.1, 0.15) is 86.0 Å². The van der Waals surface area contributed by atoms with Crippen LogP contribution in [0.5, 0.6) is 11.5 Å². The molecule has 0 unspecified atom stereocenters. The number of rotatable bonds is 14. The van der Waals surface area contributed by atoms with Crippen molar-refractivity contribution in [3.8, 4) is 11.5 Å². The topological polar surface area (TPSA) is 114 Å². The predicted octanol–water partition coefficient (Wildman–Crippen LogP) is 8.63. The van der Waals surface area contributed by atoms with Gasteiger partial charge in [0, 0.05) is 47.4 Å². The van der Waals surface area contributed by atoms with E-state index in [-0.39, 0.29) is 34.9 Å². The van der Waals surface area contributed by atoms with Gasteiger partial charge in [-0.2, -0.15) is 0 Å². The van der Waals surface area contributed by atoms with Gasteiger partial charge < -0.3 is 24.9 Å². The van der Waals surface area contributed by atoms with Crippen molar-refractivity contribution >= 4 is 69.1 Å². The minimum Gasteiger partial charge on any atom is -0.507 e. The molecular formula is C34H40Cl3N3O5. The molecule has 11 heteroatoms. The molecule has 45 heavy (non-hydrogen) atoms. The zero-order valence-electron chi connectivity index (χ0n) is 25.5. The number of aromatic nitrogens is 1. The molecule has 0 radical (unpaired) electrons. The Morgan fingerprint density at radius 1 is 0.933 bits per heavy atom. The average Bonchev–Trinajstić information content (AvgIpc) is 3.00. The summed E-state index contributed by atoms with van der Waals surface area (Å²) in [4.78, 5) is 29.8. The van der Waals surface area contributed by atoms with E-state index in [0.29, 0.717) is 22.3 Å². The molecule has 2 aromatic heterocycles. The fraction of sp³-hybridized carbons (Fsp3) is 0.441. The van der Waals surface area contributed by atoms with E-state index < -0.39 is 11.3 Å². The number of nitrogens with zero attached hydrogens (tertiary/aromatic N) is 1. The molecule has 0 saturated heterocycles. The number of methoxy groups -OCH3 is 1. The number of unbranched alkanes of at least 4 members (excludes halogenated alkanes) is 7. The van der Waals surface area contributed by atoms with Crippen LogP contribution in [0.3, 0.4) is 0 Å². The van der Waals surface area contributed by atoms with E-state index in [4.69, 9.17) is 37.3 Å². The van der Waals surface area contributed by atoms with E-state index >= 15 is 0 Å². The Hall–Kier alpha value is -3.20. The number of nitrogens with one attached hydrogen (secondary N) is 2. The third-order valence-electron chi connectivity index (χ3n) is 8.21. The number of ether oxygens (including phenoxy) is 1. The fourth-order valence-electron chi connectivity index (χ4n) is 5.96. The molecule has 0 atom stereocenters. The van der Waals surface area contributed by atoms with Crippen LogP contribution in [-0.4, -0.2) is 36.2 Å². The smallest absolute Gasteiger partial charge is 0.287 e. The average molecular weight is 677 g/mol. The second-order valence-corrected chi connectivity index (χ2v) is 12.3. The minimum atomic E-state index is -0.480. The zero-order valence-corrected chi connectivity index (χ0v) is 27.8. The Morgan fingerprint density at radius 2 is 1.62 bits per heavy atom. The first-order chi connectivity index (χ1) is 21.4. The van der Waals surface area contributed by atoms with Crippen LogP contribution in [0, 0.1) is 0 Å². The van der Waals surface area contributed by atoms with E-state index in [0.717, 1.165) is 80.6 Å². The zero-order chi connectivity index (χ0) is 31.1. The van der Waals surface area contributed by atoms with Crippen LogP contribution in [0.4, 0.5) is 5.69 Å². The van der Waals surface area contributed by atoms with Gasteiger partial charge in [-0.25, -0.2) is 0 Å². The Bertz CT molecular complexity index is 1710. The molecular weight excluding hydrogens is 637 g/mol. The number of benzene rings is 2. The van der Waals surface area contributed by atoms with Gasteiger partial charge in [0.15, 0.2) is 11.2 Å². The molecule has 2 aromatic carbocycles. The van der Waals surface area contributed by atoms with E-state index in [1.807, 2.05) is 6.07 Å². The van der Waals surface area contributed by atoms with Crippen molar-refractivity contribution in [2.45, 2.75) is 77.0 Å². The molecule has 0 spiro atoms. The van der Waals surface area contributed by atoms with Crippen molar-refractivity contribution in [3.63, 3.8) is 0 Å². The van der Waals surface area contributed by atoms with Crippen molar-refractivity contribution < 1.29 is 19.1 Å². The lowest BCUT2D eigenvalue weighted by Crippen LogP contribution is -2.25. The Kier molecular flexibility index (Phi) is 12.6. The third kappa shape index (κ3) is 8.54. The van der Waals surface area contributed by atoms with Crippen molar-refractivity contribution in [1.29, 1.82) is 0 Å². The molecule has 0 bridgehead atoms. The first-order valence-electron chi connectivity index (χ1n) is 15.5. The number of anilines is 1. The third-order valence-corrected chi connectivity index (χ3v) is 8.73. The molecule has 5 rings (SSSR count). The Morgan fingerprint density at radius 3 is 2.36 bits per heavy atom. The Balaban J connectivity index is 0.00000461. The van der Waals surface area contributed by atoms with Crippen molar-refractivity contribution in [2.24, 2.45) is 0 Å². The highest BCUT2D eigenvalue weighted by Gasteiger charge is 2.20. The van der Waals surface area contributed by atoms with Crippen LogP contribution >= 0.6 is 35.6 Å². The van der Waals surface area contributed by atoms with Gasteiger partial charge in [-0.15, -0.1) is 12.4 Å². The SMILES string of the molecule is COc1cc(O)c2c(=O)cc(C(=O)NCCCCCCCCCCNc3c4c(nc5cc(Cl)cc(Cl)c35)CCCC4)oc2c1.Cl. The number of halogens is 3. The maximum Gasteiger partial charge on any atom is 0.287 e. The molecule has 3 N–H and O–H groups in total. The number of aryl methyl sites for hydroxylation is 1. The minimum absolute atomic E-state index is 0. The van der Waals surface area contributed by atoms with Gasteiger partial charge >= 0.3 is 0 Å². The normalized spacial score (nSPS) is 12.5. The number of fused-ring (bicyclic) bond motifs is 3. The van der Waals surface area contributed by atoms with E-state index in [9.17, 15) is 14.7 Å². The van der Waals surface area contributed by atoms with Crippen LogP contribution in [0.15, 0.2) is 39.5 Å². The second kappa shape index (κ2) is 16.4. The molecule has 1 aliphatic rings. The maximum atomic E-state index is 12.5. The van der Waals surface area contributed by atoms with E-state index in [1.165, 1.54) is 56.2 Å². The lowest BCUT2D eigenvalue weighted by atomic mass is 9.92. The summed E-state index contributed by atoms with van der Waals surface area (Å²) in [6, 6.07) is 7.63. The lowest BCUT2D eigenvalue weighted by molar-refractivity contribution is 0.0925. The fourth-order valence-corrected chi connectivity index (χ4v) is 6.53. The van der Waals surface area contributed by atoms with Gasteiger partial charge in [-0.3, -0.25) is 14.6 Å². The molecule has 242 valence electrons. The molecule has 0 fully saturated rings. The van der Waals surface area contributed by atoms with Crippen molar-refractivity contribution in [2.75, 3.05) is 25.5 Å². The first-order valence-corrected chi connectivity index (χ1v) is 16.3. The summed E-state index contributed by atoms with van der Waals surface area (Å²) < 4.78 is 10.7. The number of aromatic hydroxyl groups is 1. The lowest BCUT2D eigenvalue weighted by Gasteiger charge is -2.22. The van der Waals surface area contributed by atoms with Crippen LogP contribution in [-0.2, 0) is 12.8 Å².